The smallest absolute Gasteiger partial charge is 0.319 e. The van der Waals surface area contributed by atoms with Crippen molar-refractivity contribution in [3.8, 4) is 0 Å². The average molecular weight is 279 g/mol. The van der Waals surface area contributed by atoms with Crippen molar-refractivity contribution >= 4 is 17.6 Å². The molecule has 2 amide bonds. The minimum Gasteiger partial charge on any atom is -0.334 e. The number of hydrogen-bond donors (Lipinski definition) is 2. The second-order valence-electron chi connectivity index (χ2n) is 4.86. The number of carbonyl (C=O) groups excluding carboxylic acids is 1. The molecule has 4 heteroatoms. The lowest BCUT2D eigenvalue weighted by molar-refractivity contribution is 0.243. The molecule has 1 aliphatic carbocycles. The minimum atomic E-state index is -0.186. The van der Waals surface area contributed by atoms with Crippen molar-refractivity contribution < 1.29 is 4.79 Å². The molecule has 19 heavy (non-hydrogen) atoms. The summed E-state index contributed by atoms with van der Waals surface area (Å²) in [5.41, 5.74) is 0.988. The van der Waals surface area contributed by atoms with Crippen molar-refractivity contribution in [3.05, 3.63) is 47.1 Å². The van der Waals surface area contributed by atoms with Gasteiger partial charge in [0.05, 0.1) is 0 Å². The van der Waals surface area contributed by atoms with Crippen molar-refractivity contribution in [1.29, 1.82) is 0 Å². The Bertz CT molecular complexity index is 453. The fraction of sp³-hybridized carbons (Fsp3) is 0.400. The summed E-state index contributed by atoms with van der Waals surface area (Å²) < 4.78 is 0. The molecule has 0 radical (unpaired) electrons. The van der Waals surface area contributed by atoms with E-state index < -0.39 is 0 Å². The van der Waals surface area contributed by atoms with Gasteiger partial charge in [0, 0.05) is 17.8 Å². The van der Waals surface area contributed by atoms with E-state index in [0.29, 0.717) is 17.5 Å². The summed E-state index contributed by atoms with van der Waals surface area (Å²) in [5.74, 6) is 0.633. The van der Waals surface area contributed by atoms with Gasteiger partial charge in [0.1, 0.15) is 0 Å². The number of halogens is 1. The first kappa shape index (κ1) is 13.9. The molecule has 0 spiro atoms. The lowest BCUT2D eigenvalue weighted by Crippen LogP contribution is -2.31. The Labute approximate surface area is 119 Å². The molecular weight excluding hydrogens is 260 g/mol. The fourth-order valence-electron chi connectivity index (χ4n) is 2.29. The van der Waals surface area contributed by atoms with Crippen LogP contribution in [0, 0.1) is 5.92 Å². The highest BCUT2D eigenvalue weighted by Crippen LogP contribution is 2.25. The van der Waals surface area contributed by atoms with E-state index in [2.05, 4.69) is 16.7 Å². The molecule has 1 saturated carbocycles. The first-order valence-corrected chi connectivity index (χ1v) is 7.07. The maximum atomic E-state index is 11.6. The molecular formula is C15H19ClN2O. The largest absolute Gasteiger partial charge is 0.334 e. The number of rotatable bonds is 4. The van der Waals surface area contributed by atoms with Gasteiger partial charge in [0.2, 0.25) is 0 Å². The average Bonchev–Trinajstić information content (AvgIpc) is 2.90. The number of carbonyl (C=O) groups is 1. The molecule has 2 rings (SSSR count). The van der Waals surface area contributed by atoms with Crippen LogP contribution in [-0.4, -0.2) is 6.03 Å². The summed E-state index contributed by atoms with van der Waals surface area (Å²) in [4.78, 5) is 11.6. The van der Waals surface area contributed by atoms with Gasteiger partial charge in [-0.3, -0.25) is 0 Å². The Morgan fingerprint density at radius 2 is 2.16 bits per heavy atom. The van der Waals surface area contributed by atoms with Crippen LogP contribution in [0.5, 0.6) is 0 Å². The first-order chi connectivity index (χ1) is 9.24. The van der Waals surface area contributed by atoms with Crippen LogP contribution in [-0.2, 0) is 6.54 Å². The molecule has 102 valence electrons. The molecule has 0 aliphatic heterocycles. The summed E-state index contributed by atoms with van der Waals surface area (Å²) in [6, 6.07) is 7.28. The van der Waals surface area contributed by atoms with E-state index in [1.165, 1.54) is 25.7 Å². The normalized spacial score (nSPS) is 15.8. The number of amides is 2. The molecule has 1 aromatic carbocycles. The predicted octanol–water partition coefficient (Wildman–Crippen LogP) is 3.84. The van der Waals surface area contributed by atoms with E-state index in [4.69, 9.17) is 11.6 Å². The molecule has 0 bridgehead atoms. The maximum absolute atomic E-state index is 11.6. The fourth-order valence-corrected chi connectivity index (χ4v) is 2.50. The number of benzene rings is 1. The van der Waals surface area contributed by atoms with E-state index in [-0.39, 0.29) is 6.03 Å². The van der Waals surface area contributed by atoms with Crippen molar-refractivity contribution in [1.82, 2.24) is 10.6 Å². The highest BCUT2D eigenvalue weighted by Gasteiger charge is 2.11. The molecule has 1 aromatic rings. The zero-order valence-corrected chi connectivity index (χ0v) is 11.6. The minimum absolute atomic E-state index is 0.186. The zero-order valence-electron chi connectivity index (χ0n) is 10.9. The van der Waals surface area contributed by atoms with Gasteiger partial charge in [-0.05, 0) is 36.5 Å². The molecule has 3 nitrogen and oxygen atoms in total. The van der Waals surface area contributed by atoms with E-state index in [1.54, 1.807) is 6.20 Å². The Kier molecular flexibility index (Phi) is 5.28. The number of urea groups is 1. The van der Waals surface area contributed by atoms with Crippen LogP contribution in [0.1, 0.15) is 31.2 Å². The quantitative estimate of drug-likeness (QED) is 0.863. The number of nitrogens with one attached hydrogen (secondary N) is 2. The third-order valence-corrected chi connectivity index (χ3v) is 3.56. The summed E-state index contributed by atoms with van der Waals surface area (Å²) in [7, 11) is 0. The van der Waals surface area contributed by atoms with Gasteiger partial charge in [0.25, 0.3) is 0 Å². The Morgan fingerprint density at radius 3 is 2.89 bits per heavy atom. The molecule has 0 heterocycles. The van der Waals surface area contributed by atoms with E-state index in [1.807, 2.05) is 24.3 Å². The van der Waals surface area contributed by atoms with E-state index in [0.717, 1.165) is 5.56 Å². The van der Waals surface area contributed by atoms with E-state index >= 15 is 0 Å². The molecule has 0 atom stereocenters. The summed E-state index contributed by atoms with van der Waals surface area (Å²) in [5, 5.41) is 6.20. The van der Waals surface area contributed by atoms with Gasteiger partial charge in [-0.25, -0.2) is 4.79 Å². The summed E-state index contributed by atoms with van der Waals surface area (Å²) >= 11 is 5.88. The van der Waals surface area contributed by atoms with Gasteiger partial charge < -0.3 is 10.6 Å². The third-order valence-electron chi connectivity index (χ3n) is 3.32. The molecule has 1 aliphatic rings. The topological polar surface area (TPSA) is 41.1 Å². The van der Waals surface area contributed by atoms with Gasteiger partial charge in [-0.1, -0.05) is 42.7 Å². The molecule has 0 saturated heterocycles. The van der Waals surface area contributed by atoms with Crippen LogP contribution in [0.4, 0.5) is 4.79 Å². The Balaban J connectivity index is 1.69. The Hall–Kier alpha value is -1.48. The molecule has 1 fully saturated rings. The summed E-state index contributed by atoms with van der Waals surface area (Å²) in [6.45, 7) is 0.476. The van der Waals surface area contributed by atoms with Gasteiger partial charge >= 0.3 is 6.03 Å². The Morgan fingerprint density at radius 1 is 1.37 bits per heavy atom. The van der Waals surface area contributed by atoms with Crippen molar-refractivity contribution in [2.24, 2.45) is 5.92 Å². The second-order valence-corrected chi connectivity index (χ2v) is 5.30. The van der Waals surface area contributed by atoms with Crippen LogP contribution in [0.15, 0.2) is 36.5 Å². The third kappa shape index (κ3) is 4.95. The maximum Gasteiger partial charge on any atom is 0.319 e. The van der Waals surface area contributed by atoms with Gasteiger partial charge in [-0.2, -0.15) is 0 Å². The van der Waals surface area contributed by atoms with Crippen molar-refractivity contribution in [2.45, 2.75) is 32.2 Å². The molecule has 0 unspecified atom stereocenters. The number of allylic oxidation sites excluding steroid dienone is 1. The summed E-state index contributed by atoms with van der Waals surface area (Å²) in [6.07, 6.45) is 8.92. The van der Waals surface area contributed by atoms with Crippen LogP contribution in [0.25, 0.3) is 0 Å². The zero-order chi connectivity index (χ0) is 13.5. The van der Waals surface area contributed by atoms with Crippen LogP contribution < -0.4 is 10.6 Å². The van der Waals surface area contributed by atoms with Crippen molar-refractivity contribution in [2.75, 3.05) is 0 Å². The highest BCUT2D eigenvalue weighted by molar-refractivity contribution is 6.30. The van der Waals surface area contributed by atoms with Crippen LogP contribution >= 0.6 is 11.6 Å². The SMILES string of the molecule is O=C(N/C=C/C1CCCC1)NCc1cccc(Cl)c1. The van der Waals surface area contributed by atoms with Gasteiger partial charge in [-0.15, -0.1) is 0 Å². The standard InChI is InChI=1S/C15H19ClN2O/c16-14-7-3-6-13(10-14)11-18-15(19)17-9-8-12-4-1-2-5-12/h3,6-10,12H,1-2,4-5,11H2,(H2,17,18,19)/b9-8+. The van der Waals surface area contributed by atoms with Crippen LogP contribution in [0.3, 0.4) is 0 Å². The molecule has 0 aromatic heterocycles. The van der Waals surface area contributed by atoms with Crippen LogP contribution in [0.2, 0.25) is 5.02 Å². The predicted molar refractivity (Wildman–Crippen MR) is 77.9 cm³/mol. The van der Waals surface area contributed by atoms with Crippen molar-refractivity contribution in [3.63, 3.8) is 0 Å². The molecule has 2 N–H and O–H groups in total. The lowest BCUT2D eigenvalue weighted by atomic mass is 10.1. The monoisotopic (exact) mass is 278 g/mol. The lowest BCUT2D eigenvalue weighted by Gasteiger charge is -2.06. The highest BCUT2D eigenvalue weighted by atomic mass is 35.5. The van der Waals surface area contributed by atoms with E-state index in [9.17, 15) is 4.79 Å². The second kappa shape index (κ2) is 7.19. The first-order valence-electron chi connectivity index (χ1n) is 6.69. The van der Waals surface area contributed by atoms with Gasteiger partial charge in [0.15, 0.2) is 0 Å². The number of hydrogen-bond acceptors (Lipinski definition) is 1.